The molecule has 0 aromatic heterocycles. The molecule has 7 heteroatoms. The van der Waals surface area contributed by atoms with Gasteiger partial charge in [0, 0.05) is 57.5 Å². The number of aliphatic hydroxyl groups excluding tert-OH is 1. The zero-order valence-corrected chi connectivity index (χ0v) is 14.0. The number of rotatable bonds is 0. The number of ketones is 1. The Kier molecular flexibility index (Phi) is 3.80. The standard InChI is InChI=1S/C16H12O6.Gd/c17-10-2-1-8-13-9-4-12(19)11(18)3-7(9)5-16(13,21)6-22-15(8)14(10)20;/h1-4,18-21H,5-6H2;. The molecule has 1 heterocycles. The first-order valence-electron chi connectivity index (χ1n) is 6.72. The molecule has 1 unspecified atom stereocenters. The summed E-state index contributed by atoms with van der Waals surface area (Å²) in [6.45, 7) is -0.122. The van der Waals surface area contributed by atoms with Crippen molar-refractivity contribution < 1.29 is 69.9 Å². The van der Waals surface area contributed by atoms with Crippen LogP contribution in [-0.4, -0.2) is 38.4 Å². The van der Waals surface area contributed by atoms with E-state index in [0.29, 0.717) is 22.3 Å². The molecular weight excluding hydrogens is 445 g/mol. The number of allylic oxidation sites excluding steroid dienone is 2. The number of hydrogen-bond acceptors (Lipinski definition) is 6. The summed E-state index contributed by atoms with van der Waals surface area (Å²) in [5, 5.41) is 40.1. The Morgan fingerprint density at radius 1 is 1.09 bits per heavy atom. The summed E-state index contributed by atoms with van der Waals surface area (Å²) in [6.07, 6.45) is 2.90. The summed E-state index contributed by atoms with van der Waals surface area (Å²) in [7, 11) is 0. The summed E-state index contributed by atoms with van der Waals surface area (Å²) in [5.41, 5.74) is 0.797. The van der Waals surface area contributed by atoms with Crippen molar-refractivity contribution in [3.05, 3.63) is 52.5 Å². The zero-order chi connectivity index (χ0) is 15.6. The number of fused-ring (bicyclic) bond motifs is 4. The molecule has 0 saturated carbocycles. The van der Waals surface area contributed by atoms with Crippen molar-refractivity contribution in [1.82, 2.24) is 0 Å². The van der Waals surface area contributed by atoms with Crippen LogP contribution in [0.15, 0.2) is 41.4 Å². The number of ether oxygens (including phenoxy) is 1. The molecule has 0 spiro atoms. The maximum absolute atomic E-state index is 11.5. The predicted molar refractivity (Wildman–Crippen MR) is 75.1 cm³/mol. The van der Waals surface area contributed by atoms with Crippen molar-refractivity contribution in [2.75, 3.05) is 6.61 Å². The van der Waals surface area contributed by atoms with Gasteiger partial charge in [0.1, 0.15) is 12.2 Å². The molecule has 0 saturated heterocycles. The van der Waals surface area contributed by atoms with Crippen LogP contribution in [0.25, 0.3) is 5.57 Å². The Balaban J connectivity index is 0.00000156. The van der Waals surface area contributed by atoms with Gasteiger partial charge in [0.2, 0.25) is 11.5 Å². The molecule has 23 heavy (non-hydrogen) atoms. The van der Waals surface area contributed by atoms with Gasteiger partial charge in [0.15, 0.2) is 17.3 Å². The average Bonchev–Trinajstić information content (AvgIpc) is 2.75. The van der Waals surface area contributed by atoms with Crippen molar-refractivity contribution in [2.24, 2.45) is 0 Å². The first-order chi connectivity index (χ1) is 10.4. The van der Waals surface area contributed by atoms with Crippen molar-refractivity contribution in [3.8, 4) is 11.5 Å². The van der Waals surface area contributed by atoms with E-state index in [0.717, 1.165) is 0 Å². The second kappa shape index (κ2) is 5.31. The molecule has 1 atom stereocenters. The molecule has 1 aromatic rings. The molecule has 3 aliphatic rings. The first kappa shape index (κ1) is 16.5. The van der Waals surface area contributed by atoms with Crippen LogP contribution < -0.4 is 0 Å². The van der Waals surface area contributed by atoms with Gasteiger partial charge >= 0.3 is 0 Å². The van der Waals surface area contributed by atoms with E-state index in [1.165, 1.54) is 24.3 Å². The van der Waals surface area contributed by atoms with Crippen molar-refractivity contribution in [2.45, 2.75) is 12.0 Å². The van der Waals surface area contributed by atoms with Crippen molar-refractivity contribution in [3.63, 3.8) is 0 Å². The molecule has 0 fully saturated rings. The van der Waals surface area contributed by atoms with Crippen LogP contribution in [-0.2, 0) is 16.0 Å². The smallest absolute Gasteiger partial charge is 0.224 e. The monoisotopic (exact) mass is 458 g/mol. The normalized spacial score (nSPS) is 24.7. The summed E-state index contributed by atoms with van der Waals surface area (Å²) < 4.78 is 5.40. The molecule has 4 N–H and O–H groups in total. The van der Waals surface area contributed by atoms with Crippen LogP contribution in [0.5, 0.6) is 11.5 Å². The van der Waals surface area contributed by atoms with Gasteiger partial charge in [-0.05, 0) is 35.4 Å². The summed E-state index contributed by atoms with van der Waals surface area (Å²) in [4.78, 5) is 11.5. The van der Waals surface area contributed by atoms with E-state index in [1.54, 1.807) is 0 Å². The Morgan fingerprint density at radius 2 is 1.78 bits per heavy atom. The number of phenols is 2. The molecule has 4 rings (SSSR count). The van der Waals surface area contributed by atoms with Gasteiger partial charge in [-0.2, -0.15) is 0 Å². The molecule has 120 valence electrons. The van der Waals surface area contributed by atoms with Gasteiger partial charge < -0.3 is 25.2 Å². The second-order valence-corrected chi connectivity index (χ2v) is 5.66. The average molecular weight is 458 g/mol. The topological polar surface area (TPSA) is 107 Å². The maximum atomic E-state index is 11.5. The molecule has 0 bridgehead atoms. The summed E-state index contributed by atoms with van der Waals surface area (Å²) in [5.74, 6) is -1.58. The number of phenolic OH excluding ortho intramolecular Hbond substituents is 2. The van der Waals surface area contributed by atoms with Crippen LogP contribution in [0, 0.1) is 39.9 Å². The third kappa shape index (κ3) is 2.22. The minimum absolute atomic E-state index is 0. The van der Waals surface area contributed by atoms with Gasteiger partial charge in [-0.1, -0.05) is 0 Å². The fraction of sp³-hybridized carbons (Fsp3) is 0.188. The van der Waals surface area contributed by atoms with E-state index in [-0.39, 0.29) is 70.2 Å². The number of aliphatic hydroxyl groups is 2. The fourth-order valence-corrected chi connectivity index (χ4v) is 3.26. The molecule has 0 amide bonds. The quantitative estimate of drug-likeness (QED) is 0.435. The zero-order valence-electron chi connectivity index (χ0n) is 11.7. The number of hydrogen-bond donors (Lipinski definition) is 4. The van der Waals surface area contributed by atoms with Crippen LogP contribution in [0.3, 0.4) is 0 Å². The number of benzene rings is 1. The fourth-order valence-electron chi connectivity index (χ4n) is 3.26. The third-order valence-corrected chi connectivity index (χ3v) is 4.24. The van der Waals surface area contributed by atoms with Gasteiger partial charge in [-0.15, -0.1) is 0 Å². The van der Waals surface area contributed by atoms with Crippen molar-refractivity contribution >= 4 is 11.4 Å². The molecule has 1 aromatic carbocycles. The molecule has 2 aliphatic carbocycles. The summed E-state index contributed by atoms with van der Waals surface area (Å²) >= 11 is 0. The minimum atomic E-state index is -1.33. The van der Waals surface area contributed by atoms with Crippen LogP contribution in [0.4, 0.5) is 0 Å². The second-order valence-electron chi connectivity index (χ2n) is 5.66. The number of carbonyl (C=O) groups excluding carboxylic acids is 1. The van der Waals surface area contributed by atoms with Crippen LogP contribution in [0.1, 0.15) is 11.1 Å². The van der Waals surface area contributed by atoms with Crippen LogP contribution in [0.2, 0.25) is 0 Å². The largest absolute Gasteiger partial charge is 0.504 e. The number of aromatic hydroxyl groups is 2. The Labute approximate surface area is 163 Å². The van der Waals surface area contributed by atoms with Gasteiger partial charge in [-0.25, -0.2) is 0 Å². The van der Waals surface area contributed by atoms with E-state index < -0.39 is 17.1 Å². The van der Waals surface area contributed by atoms with Gasteiger partial charge in [0.05, 0.1) is 0 Å². The van der Waals surface area contributed by atoms with E-state index in [1.807, 2.05) is 0 Å². The van der Waals surface area contributed by atoms with Crippen LogP contribution >= 0.6 is 0 Å². The van der Waals surface area contributed by atoms with E-state index in [4.69, 9.17) is 4.74 Å². The Morgan fingerprint density at radius 3 is 2.52 bits per heavy atom. The first-order valence-corrected chi connectivity index (χ1v) is 6.72. The van der Waals surface area contributed by atoms with Crippen molar-refractivity contribution in [1.29, 1.82) is 0 Å². The molecule has 0 radical (unpaired) electrons. The van der Waals surface area contributed by atoms with Gasteiger partial charge in [-0.3, -0.25) is 4.79 Å². The predicted octanol–water partition coefficient (Wildman–Crippen LogP) is 1.08. The SMILES string of the molecule is O=C1C=CC2=C3c4cc(O)c(O)cc4CC3(O)COC2=C1O.[Gd]. The Bertz CT molecular complexity index is 835. The molecular formula is C16H12GdO6. The number of carbonyl (C=O) groups is 1. The van der Waals surface area contributed by atoms with E-state index >= 15 is 0 Å². The van der Waals surface area contributed by atoms with Gasteiger partial charge in [0.25, 0.3) is 0 Å². The maximum Gasteiger partial charge on any atom is 0.224 e. The third-order valence-electron chi connectivity index (χ3n) is 4.24. The summed E-state index contributed by atoms with van der Waals surface area (Å²) in [6, 6.07) is 2.77. The molecule has 6 nitrogen and oxygen atoms in total. The van der Waals surface area contributed by atoms with E-state index in [2.05, 4.69) is 0 Å². The minimum Gasteiger partial charge on any atom is -0.504 e. The van der Waals surface area contributed by atoms with E-state index in [9.17, 15) is 25.2 Å². The Hall–Kier alpha value is -1.41. The molecule has 1 aliphatic heterocycles.